The van der Waals surface area contributed by atoms with Gasteiger partial charge in [0.1, 0.15) is 12.6 Å². The fourth-order valence-corrected chi connectivity index (χ4v) is 5.20. The molecule has 0 bridgehead atoms. The number of rotatable bonds is 10. The van der Waals surface area contributed by atoms with E-state index in [0.29, 0.717) is 18.7 Å². The van der Waals surface area contributed by atoms with Gasteiger partial charge in [-0.15, -0.1) is 0 Å². The monoisotopic (exact) mass is 485 g/mol. The number of carbonyl (C=O) groups excluding carboxylic acids is 2. The highest BCUT2D eigenvalue weighted by Gasteiger charge is 2.31. The van der Waals surface area contributed by atoms with E-state index in [1.165, 1.54) is 4.90 Å². The van der Waals surface area contributed by atoms with Crippen LogP contribution in [0.5, 0.6) is 0 Å². The molecular formula is C26H35N3O4S. The fraction of sp³-hybridized carbons (Fsp3) is 0.462. The molecule has 34 heavy (non-hydrogen) atoms. The van der Waals surface area contributed by atoms with Crippen LogP contribution in [0.25, 0.3) is 0 Å². The lowest BCUT2D eigenvalue weighted by atomic mass is 10.1. The number of carbonyl (C=O) groups is 2. The van der Waals surface area contributed by atoms with Crippen LogP contribution in [0.1, 0.15) is 43.7 Å². The van der Waals surface area contributed by atoms with E-state index in [1.807, 2.05) is 43.3 Å². The van der Waals surface area contributed by atoms with Crippen LogP contribution in [0.4, 0.5) is 5.69 Å². The van der Waals surface area contributed by atoms with Crippen LogP contribution in [0.2, 0.25) is 0 Å². The minimum Gasteiger partial charge on any atom is -0.352 e. The largest absolute Gasteiger partial charge is 0.352 e. The third-order valence-corrected chi connectivity index (χ3v) is 7.46. The Morgan fingerprint density at radius 1 is 1.06 bits per heavy atom. The van der Waals surface area contributed by atoms with Gasteiger partial charge in [-0.3, -0.25) is 13.9 Å². The smallest absolute Gasteiger partial charge is 0.244 e. The first-order valence-electron chi connectivity index (χ1n) is 11.8. The third kappa shape index (κ3) is 7.06. The average Bonchev–Trinajstić information content (AvgIpc) is 3.30. The molecule has 0 radical (unpaired) electrons. The summed E-state index contributed by atoms with van der Waals surface area (Å²) in [5.41, 5.74) is 2.37. The van der Waals surface area contributed by atoms with Gasteiger partial charge in [-0.25, -0.2) is 8.42 Å². The van der Waals surface area contributed by atoms with Gasteiger partial charge in [-0.2, -0.15) is 0 Å². The minimum absolute atomic E-state index is 0.140. The molecule has 0 aliphatic heterocycles. The molecule has 2 amide bonds. The molecule has 0 saturated heterocycles. The molecular weight excluding hydrogens is 450 g/mol. The molecule has 184 valence electrons. The number of nitrogens with zero attached hydrogens (tertiary/aromatic N) is 2. The highest BCUT2D eigenvalue weighted by Crippen LogP contribution is 2.21. The summed E-state index contributed by atoms with van der Waals surface area (Å²) in [6, 6.07) is 16.2. The summed E-state index contributed by atoms with van der Waals surface area (Å²) in [7, 11) is -3.71. The van der Waals surface area contributed by atoms with Crippen LogP contribution in [0.3, 0.4) is 0 Å². The quantitative estimate of drug-likeness (QED) is 0.560. The van der Waals surface area contributed by atoms with E-state index in [2.05, 4.69) is 5.32 Å². The Morgan fingerprint density at radius 3 is 2.35 bits per heavy atom. The Morgan fingerprint density at radius 2 is 1.74 bits per heavy atom. The molecule has 0 aromatic heterocycles. The molecule has 2 aromatic rings. The summed E-state index contributed by atoms with van der Waals surface area (Å²) in [6.07, 6.45) is 5.74. The maximum Gasteiger partial charge on any atom is 0.244 e. The number of sulfonamides is 1. The van der Waals surface area contributed by atoms with Crippen molar-refractivity contribution in [2.24, 2.45) is 0 Å². The molecule has 7 nitrogen and oxygen atoms in total. The Bertz CT molecular complexity index is 1080. The van der Waals surface area contributed by atoms with Crippen LogP contribution in [0, 0.1) is 6.92 Å². The predicted molar refractivity (Wildman–Crippen MR) is 135 cm³/mol. The van der Waals surface area contributed by atoms with E-state index in [9.17, 15) is 18.0 Å². The van der Waals surface area contributed by atoms with Gasteiger partial charge in [0.25, 0.3) is 0 Å². The Hall–Kier alpha value is -2.87. The molecule has 0 spiro atoms. The zero-order valence-electron chi connectivity index (χ0n) is 20.2. The first kappa shape index (κ1) is 25.7. The van der Waals surface area contributed by atoms with Crippen LogP contribution in [0.15, 0.2) is 54.6 Å². The van der Waals surface area contributed by atoms with E-state index in [4.69, 9.17) is 0 Å². The van der Waals surface area contributed by atoms with E-state index < -0.39 is 22.0 Å². The Balaban J connectivity index is 1.81. The molecule has 1 unspecified atom stereocenters. The number of benzene rings is 2. The van der Waals surface area contributed by atoms with Gasteiger partial charge in [-0.1, -0.05) is 55.3 Å². The van der Waals surface area contributed by atoms with Crippen molar-refractivity contribution in [3.63, 3.8) is 0 Å². The van der Waals surface area contributed by atoms with E-state index in [1.54, 1.807) is 25.1 Å². The van der Waals surface area contributed by atoms with Gasteiger partial charge < -0.3 is 10.2 Å². The summed E-state index contributed by atoms with van der Waals surface area (Å²) in [4.78, 5) is 28.0. The lowest BCUT2D eigenvalue weighted by molar-refractivity contribution is -0.139. The van der Waals surface area contributed by atoms with E-state index >= 15 is 0 Å². The van der Waals surface area contributed by atoms with Gasteiger partial charge in [0.15, 0.2) is 0 Å². The first-order valence-corrected chi connectivity index (χ1v) is 13.7. The molecule has 1 fully saturated rings. The predicted octanol–water partition coefficient (Wildman–Crippen LogP) is 3.28. The number of anilines is 1. The van der Waals surface area contributed by atoms with Gasteiger partial charge in [0, 0.05) is 12.6 Å². The van der Waals surface area contributed by atoms with Crippen molar-refractivity contribution in [2.45, 2.75) is 58.0 Å². The number of amides is 2. The molecule has 1 N–H and O–H groups in total. The normalized spacial score (nSPS) is 15.0. The van der Waals surface area contributed by atoms with Gasteiger partial charge in [0.05, 0.1) is 11.9 Å². The molecule has 8 heteroatoms. The van der Waals surface area contributed by atoms with Crippen LogP contribution >= 0.6 is 0 Å². The SMILES string of the molecule is Cc1cccc(N(CC(=O)N(CCc2ccccc2)C(C)C(=O)NC2CCCC2)S(C)(=O)=O)c1. The highest BCUT2D eigenvalue weighted by molar-refractivity contribution is 7.92. The van der Waals surface area contributed by atoms with E-state index in [0.717, 1.165) is 47.4 Å². The second kappa shape index (κ2) is 11.5. The molecule has 1 aliphatic rings. The maximum atomic E-state index is 13.5. The van der Waals surface area contributed by atoms with Crippen molar-refractivity contribution in [1.82, 2.24) is 10.2 Å². The van der Waals surface area contributed by atoms with Crippen molar-refractivity contribution in [2.75, 3.05) is 23.7 Å². The average molecular weight is 486 g/mol. The van der Waals surface area contributed by atoms with Crippen LogP contribution in [-0.2, 0) is 26.0 Å². The standard InChI is InChI=1S/C26H35N3O4S/c1-20-10-9-15-24(18-20)29(34(3,32)33)19-25(30)28(17-16-22-11-5-4-6-12-22)21(2)26(31)27-23-13-7-8-14-23/h4-6,9-12,15,18,21,23H,7-8,13-14,16-17,19H2,1-3H3,(H,27,31). The van der Waals surface area contributed by atoms with Crippen LogP contribution < -0.4 is 9.62 Å². The zero-order chi connectivity index (χ0) is 24.7. The topological polar surface area (TPSA) is 86.8 Å². The van der Waals surface area contributed by atoms with Crippen molar-refractivity contribution in [3.05, 3.63) is 65.7 Å². The van der Waals surface area contributed by atoms with E-state index in [-0.39, 0.29) is 18.5 Å². The second-order valence-corrected chi connectivity index (χ2v) is 11.0. The summed E-state index contributed by atoms with van der Waals surface area (Å²) in [5, 5.41) is 3.07. The molecule has 3 rings (SSSR count). The summed E-state index contributed by atoms with van der Waals surface area (Å²) >= 11 is 0. The zero-order valence-corrected chi connectivity index (χ0v) is 21.1. The first-order chi connectivity index (χ1) is 16.1. The van der Waals surface area contributed by atoms with Gasteiger partial charge in [0.2, 0.25) is 21.8 Å². The summed E-state index contributed by atoms with van der Waals surface area (Å²) < 4.78 is 26.3. The summed E-state index contributed by atoms with van der Waals surface area (Å²) in [5.74, 6) is -0.605. The third-order valence-electron chi connectivity index (χ3n) is 6.32. The fourth-order valence-electron chi connectivity index (χ4n) is 4.36. The number of hydrogen-bond acceptors (Lipinski definition) is 4. The summed E-state index contributed by atoms with van der Waals surface area (Å²) in [6.45, 7) is 3.53. The minimum atomic E-state index is -3.71. The lowest BCUT2D eigenvalue weighted by Gasteiger charge is -2.32. The Labute approximate surface area is 203 Å². The molecule has 1 atom stereocenters. The highest BCUT2D eigenvalue weighted by atomic mass is 32.2. The van der Waals surface area contributed by atoms with Crippen LogP contribution in [-0.4, -0.2) is 56.6 Å². The molecule has 2 aromatic carbocycles. The number of hydrogen-bond donors (Lipinski definition) is 1. The maximum absolute atomic E-state index is 13.5. The van der Waals surface area contributed by atoms with Crippen molar-refractivity contribution in [1.29, 1.82) is 0 Å². The number of nitrogens with one attached hydrogen (secondary N) is 1. The Kier molecular flexibility index (Phi) is 8.72. The second-order valence-electron chi connectivity index (χ2n) is 9.10. The lowest BCUT2D eigenvalue weighted by Crippen LogP contribution is -2.53. The van der Waals surface area contributed by atoms with Gasteiger partial charge >= 0.3 is 0 Å². The van der Waals surface area contributed by atoms with Crippen molar-refractivity contribution in [3.8, 4) is 0 Å². The van der Waals surface area contributed by atoms with Gasteiger partial charge in [-0.05, 0) is 56.4 Å². The molecule has 1 saturated carbocycles. The van der Waals surface area contributed by atoms with Crippen molar-refractivity contribution < 1.29 is 18.0 Å². The molecule has 1 aliphatic carbocycles. The van der Waals surface area contributed by atoms with Crippen molar-refractivity contribution >= 4 is 27.5 Å². The number of aryl methyl sites for hydroxylation is 1. The molecule has 0 heterocycles.